The summed E-state index contributed by atoms with van der Waals surface area (Å²) in [5, 5.41) is 3.19. The zero-order valence-corrected chi connectivity index (χ0v) is 17.6. The van der Waals surface area contributed by atoms with E-state index in [-0.39, 0.29) is 11.7 Å². The van der Waals surface area contributed by atoms with Crippen LogP contribution in [0.1, 0.15) is 24.0 Å². The van der Waals surface area contributed by atoms with Gasteiger partial charge in [-0.2, -0.15) is 0 Å². The van der Waals surface area contributed by atoms with Gasteiger partial charge >= 0.3 is 0 Å². The highest BCUT2D eigenvalue weighted by Gasteiger charge is 2.41. The van der Waals surface area contributed by atoms with Crippen molar-refractivity contribution in [1.29, 1.82) is 0 Å². The van der Waals surface area contributed by atoms with Crippen molar-refractivity contribution in [3.63, 3.8) is 0 Å². The van der Waals surface area contributed by atoms with Crippen molar-refractivity contribution in [2.45, 2.75) is 24.8 Å². The lowest BCUT2D eigenvalue weighted by Gasteiger charge is -2.37. The zero-order valence-electron chi connectivity index (χ0n) is 17.6. The van der Waals surface area contributed by atoms with Gasteiger partial charge in [-0.05, 0) is 49.2 Å². The Morgan fingerprint density at radius 3 is 2.40 bits per heavy atom. The van der Waals surface area contributed by atoms with Gasteiger partial charge in [-0.3, -0.25) is 4.79 Å². The van der Waals surface area contributed by atoms with Crippen molar-refractivity contribution in [1.82, 2.24) is 10.2 Å². The van der Waals surface area contributed by atoms with Gasteiger partial charge in [0.25, 0.3) is 0 Å². The molecule has 2 aromatic carbocycles. The highest BCUT2D eigenvalue weighted by atomic mass is 19.1. The molecule has 2 aliphatic heterocycles. The maximum atomic E-state index is 13.5. The van der Waals surface area contributed by atoms with Gasteiger partial charge in [-0.15, -0.1) is 0 Å². The molecule has 6 heteroatoms. The van der Waals surface area contributed by atoms with Crippen LogP contribution in [0, 0.1) is 5.82 Å². The predicted molar refractivity (Wildman–Crippen MR) is 116 cm³/mol. The van der Waals surface area contributed by atoms with E-state index in [2.05, 4.69) is 40.4 Å². The molecule has 0 aromatic heterocycles. The number of carbonyl (C=O) groups is 1. The Kier molecular flexibility index (Phi) is 6.35. The molecule has 0 aliphatic carbocycles. The molecule has 2 aromatic rings. The third-order valence-corrected chi connectivity index (χ3v) is 6.45. The van der Waals surface area contributed by atoms with Crippen LogP contribution in [-0.2, 0) is 21.5 Å². The molecule has 1 amide bonds. The molecule has 160 valence electrons. The van der Waals surface area contributed by atoms with Gasteiger partial charge in [0, 0.05) is 51.6 Å². The van der Waals surface area contributed by atoms with E-state index in [9.17, 15) is 9.18 Å². The van der Waals surface area contributed by atoms with Gasteiger partial charge < -0.3 is 19.9 Å². The number of piperazine rings is 1. The summed E-state index contributed by atoms with van der Waals surface area (Å²) in [5.41, 5.74) is 2.50. The second kappa shape index (κ2) is 9.14. The second-order valence-electron chi connectivity index (χ2n) is 8.30. The van der Waals surface area contributed by atoms with Gasteiger partial charge in [0.15, 0.2) is 0 Å². The minimum Gasteiger partial charge on any atom is -0.381 e. The van der Waals surface area contributed by atoms with E-state index in [4.69, 9.17) is 4.74 Å². The summed E-state index contributed by atoms with van der Waals surface area (Å²) in [4.78, 5) is 18.2. The van der Waals surface area contributed by atoms with E-state index in [0.29, 0.717) is 32.6 Å². The largest absolute Gasteiger partial charge is 0.381 e. The lowest BCUT2D eigenvalue weighted by Crippen LogP contribution is -2.48. The molecule has 0 unspecified atom stereocenters. The second-order valence-corrected chi connectivity index (χ2v) is 8.30. The molecule has 2 fully saturated rings. The first-order valence-corrected chi connectivity index (χ1v) is 10.7. The Morgan fingerprint density at radius 1 is 1.03 bits per heavy atom. The van der Waals surface area contributed by atoms with Crippen LogP contribution in [0.3, 0.4) is 0 Å². The fourth-order valence-corrected chi connectivity index (χ4v) is 4.50. The van der Waals surface area contributed by atoms with Gasteiger partial charge in [0.2, 0.25) is 5.91 Å². The molecule has 0 atom stereocenters. The molecule has 0 saturated carbocycles. The van der Waals surface area contributed by atoms with E-state index in [1.54, 1.807) is 12.1 Å². The Bertz CT molecular complexity index is 857. The molecule has 30 heavy (non-hydrogen) atoms. The number of hydrogen-bond acceptors (Lipinski definition) is 4. The van der Waals surface area contributed by atoms with E-state index >= 15 is 0 Å². The maximum absolute atomic E-state index is 13.5. The molecule has 0 radical (unpaired) electrons. The third-order valence-electron chi connectivity index (χ3n) is 6.45. The van der Waals surface area contributed by atoms with Gasteiger partial charge in [0.05, 0.1) is 5.41 Å². The summed E-state index contributed by atoms with van der Waals surface area (Å²) in [7, 11) is 2.15. The molecular formula is C24H30FN3O2. The van der Waals surface area contributed by atoms with Gasteiger partial charge in [-0.1, -0.05) is 30.3 Å². The molecule has 4 rings (SSSR count). The Hall–Kier alpha value is -2.44. The maximum Gasteiger partial charge on any atom is 0.231 e. The fraction of sp³-hybridized carbons (Fsp3) is 0.458. The van der Waals surface area contributed by atoms with E-state index in [1.165, 1.54) is 17.8 Å². The Labute approximate surface area is 177 Å². The summed E-state index contributed by atoms with van der Waals surface area (Å²) in [6.45, 7) is 5.58. The van der Waals surface area contributed by atoms with Crippen LogP contribution in [0.5, 0.6) is 0 Å². The van der Waals surface area contributed by atoms with Crippen molar-refractivity contribution in [2.24, 2.45) is 0 Å². The Morgan fingerprint density at radius 2 is 1.70 bits per heavy atom. The Balaban J connectivity index is 1.51. The average molecular weight is 412 g/mol. The lowest BCUT2D eigenvalue weighted by atomic mass is 9.73. The summed E-state index contributed by atoms with van der Waals surface area (Å²) < 4.78 is 19.0. The smallest absolute Gasteiger partial charge is 0.231 e. The number of amides is 1. The van der Waals surface area contributed by atoms with E-state index in [0.717, 1.165) is 37.3 Å². The number of hydrogen-bond donors (Lipinski definition) is 1. The first-order chi connectivity index (χ1) is 14.6. The highest BCUT2D eigenvalue weighted by Crippen LogP contribution is 2.35. The summed E-state index contributed by atoms with van der Waals surface area (Å²) in [6.07, 6.45) is 1.20. The quantitative estimate of drug-likeness (QED) is 0.822. The molecule has 0 spiro atoms. The number of benzene rings is 2. The molecule has 2 aliphatic rings. The van der Waals surface area contributed by atoms with Crippen molar-refractivity contribution < 1.29 is 13.9 Å². The van der Waals surface area contributed by atoms with Gasteiger partial charge in [0.1, 0.15) is 5.82 Å². The highest BCUT2D eigenvalue weighted by molar-refractivity contribution is 5.88. The topological polar surface area (TPSA) is 44.8 Å². The number of likely N-dealkylation sites (N-methyl/N-ethyl adjacent to an activating group) is 1. The van der Waals surface area contributed by atoms with Crippen molar-refractivity contribution in [3.8, 4) is 0 Å². The van der Waals surface area contributed by atoms with Crippen LogP contribution in [-0.4, -0.2) is 57.2 Å². The van der Waals surface area contributed by atoms with Crippen LogP contribution < -0.4 is 10.2 Å². The summed E-state index contributed by atoms with van der Waals surface area (Å²) in [6, 6.07) is 14.6. The summed E-state index contributed by atoms with van der Waals surface area (Å²) in [5.74, 6) is -0.298. The zero-order chi connectivity index (χ0) is 21.0. The molecule has 2 saturated heterocycles. The van der Waals surface area contributed by atoms with Crippen LogP contribution in [0.4, 0.5) is 10.1 Å². The van der Waals surface area contributed by atoms with Crippen LogP contribution in [0.2, 0.25) is 0 Å². The first-order valence-electron chi connectivity index (χ1n) is 10.7. The third kappa shape index (κ3) is 4.35. The van der Waals surface area contributed by atoms with E-state index in [1.807, 2.05) is 6.07 Å². The minimum absolute atomic E-state index is 0.00871. The predicted octanol–water partition coefficient (Wildman–Crippen LogP) is 2.94. The lowest BCUT2D eigenvalue weighted by molar-refractivity contribution is -0.130. The molecule has 2 heterocycles. The van der Waals surface area contributed by atoms with Crippen molar-refractivity contribution >= 4 is 11.6 Å². The van der Waals surface area contributed by atoms with Crippen molar-refractivity contribution in [3.05, 3.63) is 65.5 Å². The number of carbonyl (C=O) groups excluding carboxylic acids is 1. The summed E-state index contributed by atoms with van der Waals surface area (Å²) >= 11 is 0. The first kappa shape index (κ1) is 20.8. The molecule has 5 nitrogen and oxygen atoms in total. The number of rotatable bonds is 5. The molecule has 1 N–H and O–H groups in total. The molecular weight excluding hydrogens is 381 g/mol. The standard InChI is InChI=1S/C24H30FN3O2/c1-27-12-14-28(15-13-27)22-5-3-2-4-19(22)18-26-23(29)24(10-16-30-17-11-24)20-6-8-21(25)9-7-20/h2-9H,10-18H2,1H3,(H,26,29). The SMILES string of the molecule is CN1CCN(c2ccccc2CNC(=O)C2(c3ccc(F)cc3)CCOCC2)CC1. The van der Waals surface area contributed by atoms with Crippen molar-refractivity contribution in [2.75, 3.05) is 51.3 Å². The van der Waals surface area contributed by atoms with Gasteiger partial charge in [-0.25, -0.2) is 4.39 Å². The van der Waals surface area contributed by atoms with Crippen LogP contribution >= 0.6 is 0 Å². The van der Waals surface area contributed by atoms with Crippen LogP contribution in [0.25, 0.3) is 0 Å². The number of nitrogens with one attached hydrogen (secondary N) is 1. The molecule has 0 bridgehead atoms. The average Bonchev–Trinajstić information content (AvgIpc) is 2.79. The fourth-order valence-electron chi connectivity index (χ4n) is 4.50. The normalized spacial score (nSPS) is 19.5. The number of ether oxygens (including phenoxy) is 1. The number of anilines is 1. The van der Waals surface area contributed by atoms with E-state index < -0.39 is 5.41 Å². The number of nitrogens with zero attached hydrogens (tertiary/aromatic N) is 2. The minimum atomic E-state index is -0.672. The number of halogens is 1. The van der Waals surface area contributed by atoms with Crippen LogP contribution in [0.15, 0.2) is 48.5 Å². The monoisotopic (exact) mass is 411 g/mol. The number of para-hydroxylation sites is 1.